The van der Waals surface area contributed by atoms with E-state index in [0.717, 1.165) is 36.6 Å². The first-order valence-corrected chi connectivity index (χ1v) is 12.0. The molecular formula is C23H26F3N3O7S. The topological polar surface area (TPSA) is 132 Å². The number of carboxylic acid groups (broad SMARTS) is 1. The molecule has 1 aromatic carbocycles. The van der Waals surface area contributed by atoms with Crippen LogP contribution in [0.25, 0.3) is 0 Å². The lowest BCUT2D eigenvalue weighted by Crippen LogP contribution is -2.53. The number of hydrogen-bond donors (Lipinski definition) is 2. The number of amides is 2. The van der Waals surface area contributed by atoms with E-state index in [1.165, 1.54) is 23.5 Å². The highest BCUT2D eigenvalue weighted by Gasteiger charge is 2.32. The summed E-state index contributed by atoms with van der Waals surface area (Å²) >= 11 is 1.31. The third-order valence-electron chi connectivity index (χ3n) is 5.41. The lowest BCUT2D eigenvalue weighted by Gasteiger charge is -2.36. The summed E-state index contributed by atoms with van der Waals surface area (Å²) in [6, 6.07) is 8.38. The summed E-state index contributed by atoms with van der Waals surface area (Å²) in [6.45, 7) is 4.97. The number of para-hydroxylation sites is 1. The Morgan fingerprint density at radius 1 is 1.08 bits per heavy atom. The smallest absolute Gasteiger partial charge is 0.477 e. The highest BCUT2D eigenvalue weighted by atomic mass is 32.1. The van der Waals surface area contributed by atoms with Crippen molar-refractivity contribution in [2.45, 2.75) is 19.0 Å². The molecule has 0 saturated carbocycles. The van der Waals surface area contributed by atoms with Gasteiger partial charge >= 0.3 is 12.3 Å². The van der Waals surface area contributed by atoms with Crippen LogP contribution in [-0.4, -0.2) is 91.2 Å². The summed E-state index contributed by atoms with van der Waals surface area (Å²) in [6.07, 6.45) is -5.29. The number of nitrogens with two attached hydrogens (primary N) is 1. The zero-order valence-electron chi connectivity index (χ0n) is 19.6. The van der Waals surface area contributed by atoms with Crippen LogP contribution < -0.4 is 10.5 Å². The van der Waals surface area contributed by atoms with Gasteiger partial charge in [0.15, 0.2) is 6.10 Å². The number of alkyl halides is 3. The van der Waals surface area contributed by atoms with Gasteiger partial charge in [-0.05, 0) is 24.3 Å². The molecule has 202 valence electrons. The molecule has 3 heterocycles. The Morgan fingerprint density at radius 3 is 2.35 bits per heavy atom. The molecule has 4 rings (SSSR count). The Bertz CT molecular complexity index is 1080. The van der Waals surface area contributed by atoms with Gasteiger partial charge in [0.05, 0.1) is 25.4 Å². The first kappa shape index (κ1) is 28.4. The number of aromatic carboxylic acids is 1. The van der Waals surface area contributed by atoms with Gasteiger partial charge in [0.25, 0.3) is 11.8 Å². The lowest BCUT2D eigenvalue weighted by atomic mass is 10.2. The van der Waals surface area contributed by atoms with Crippen LogP contribution in [0.15, 0.2) is 36.4 Å². The molecule has 1 atom stereocenters. The molecule has 1 aromatic heterocycles. The predicted octanol–water partition coefficient (Wildman–Crippen LogP) is 2.19. The molecule has 3 N–H and O–H groups in total. The first-order valence-electron chi connectivity index (χ1n) is 11.2. The molecule has 2 aliphatic heterocycles. The number of hydrogen-bond acceptors (Lipinski definition) is 8. The van der Waals surface area contributed by atoms with Crippen LogP contribution in [0.2, 0.25) is 0 Å². The van der Waals surface area contributed by atoms with Gasteiger partial charge in [-0.15, -0.1) is 24.5 Å². The fourth-order valence-electron chi connectivity index (χ4n) is 3.64. The number of piperazine rings is 1. The van der Waals surface area contributed by atoms with E-state index in [9.17, 15) is 27.6 Å². The largest absolute Gasteiger partial charge is 0.573 e. The van der Waals surface area contributed by atoms with E-state index >= 15 is 0 Å². The third kappa shape index (κ3) is 8.70. The zero-order valence-corrected chi connectivity index (χ0v) is 20.4. The molecular weight excluding hydrogens is 519 g/mol. The molecule has 10 nitrogen and oxygen atoms in total. The van der Waals surface area contributed by atoms with Crippen LogP contribution in [0.4, 0.5) is 13.2 Å². The maximum atomic E-state index is 12.3. The van der Waals surface area contributed by atoms with Gasteiger partial charge in [-0.3, -0.25) is 14.5 Å². The summed E-state index contributed by atoms with van der Waals surface area (Å²) in [5, 5.41) is 8.95. The Kier molecular flexibility index (Phi) is 9.86. The minimum atomic E-state index is -4.83. The summed E-state index contributed by atoms with van der Waals surface area (Å²) in [5.74, 6) is -2.43. The molecule has 0 bridgehead atoms. The van der Waals surface area contributed by atoms with Gasteiger partial charge in [-0.2, -0.15) is 0 Å². The van der Waals surface area contributed by atoms with Gasteiger partial charge in [-0.25, -0.2) is 4.79 Å². The van der Waals surface area contributed by atoms with Crippen molar-refractivity contribution in [3.8, 4) is 5.75 Å². The second-order valence-electron chi connectivity index (χ2n) is 8.02. The van der Waals surface area contributed by atoms with Crippen LogP contribution in [0.1, 0.15) is 24.9 Å². The van der Waals surface area contributed by atoms with Crippen LogP contribution >= 0.6 is 11.3 Å². The molecule has 0 aliphatic carbocycles. The van der Waals surface area contributed by atoms with E-state index in [1.807, 2.05) is 11.0 Å². The Morgan fingerprint density at radius 2 is 1.78 bits per heavy atom. The molecule has 14 heteroatoms. The Balaban J connectivity index is 0.000000233. The third-order valence-corrected chi connectivity index (χ3v) is 6.46. The van der Waals surface area contributed by atoms with Gasteiger partial charge in [0, 0.05) is 37.6 Å². The standard InChI is InChI=1S/C15H20N2O5S.C8H6F3NO2/c18-14(12-10-21-7-8-22-12)17-5-3-16(4-6-17)9-11-1-2-13(23-11)15(19)20;9-8(10,11)14-6-4-2-1-3-5(6)7(12)13/h1-2,12H,3-10H2,(H,19,20);1-4H,(H2,12,13). The van der Waals surface area contributed by atoms with Crippen molar-refractivity contribution in [1.29, 1.82) is 0 Å². The molecule has 2 amide bonds. The molecule has 2 aromatic rings. The average molecular weight is 546 g/mol. The normalized spacial score (nSPS) is 18.5. The zero-order chi connectivity index (χ0) is 27.0. The van der Waals surface area contributed by atoms with E-state index < -0.39 is 30.1 Å². The highest BCUT2D eigenvalue weighted by Crippen LogP contribution is 2.25. The number of carbonyl (C=O) groups excluding carboxylic acids is 2. The minimum absolute atomic E-state index is 0.00800. The number of carboxylic acids is 1. The van der Waals surface area contributed by atoms with Gasteiger partial charge in [-0.1, -0.05) is 12.1 Å². The fourth-order valence-corrected chi connectivity index (χ4v) is 4.53. The second kappa shape index (κ2) is 12.9. The number of primary amides is 1. The number of halogens is 3. The number of ether oxygens (including phenoxy) is 3. The summed E-state index contributed by atoms with van der Waals surface area (Å²) in [4.78, 5) is 39.4. The molecule has 37 heavy (non-hydrogen) atoms. The van der Waals surface area contributed by atoms with Gasteiger partial charge < -0.3 is 30.0 Å². The van der Waals surface area contributed by atoms with Crippen LogP contribution in [0.5, 0.6) is 5.75 Å². The maximum absolute atomic E-state index is 12.3. The Hall–Kier alpha value is -3.20. The fraction of sp³-hybridized carbons (Fsp3) is 0.435. The molecule has 2 saturated heterocycles. The minimum Gasteiger partial charge on any atom is -0.477 e. The van der Waals surface area contributed by atoms with E-state index in [4.69, 9.17) is 20.3 Å². The van der Waals surface area contributed by atoms with Gasteiger partial charge in [0.1, 0.15) is 10.6 Å². The van der Waals surface area contributed by atoms with Crippen molar-refractivity contribution in [3.05, 3.63) is 51.7 Å². The van der Waals surface area contributed by atoms with Crippen molar-refractivity contribution in [2.24, 2.45) is 5.73 Å². The summed E-state index contributed by atoms with van der Waals surface area (Å²) in [5.41, 5.74) is 4.55. The van der Waals surface area contributed by atoms with Crippen molar-refractivity contribution >= 4 is 29.1 Å². The van der Waals surface area contributed by atoms with E-state index in [2.05, 4.69) is 9.64 Å². The Labute approximate surface area is 214 Å². The van der Waals surface area contributed by atoms with Crippen LogP contribution in [-0.2, 0) is 20.8 Å². The van der Waals surface area contributed by atoms with Crippen LogP contribution in [0, 0.1) is 0 Å². The number of nitrogens with zero attached hydrogens (tertiary/aromatic N) is 2. The number of rotatable bonds is 6. The van der Waals surface area contributed by atoms with Crippen LogP contribution in [0.3, 0.4) is 0 Å². The quantitative estimate of drug-likeness (QED) is 0.565. The highest BCUT2D eigenvalue weighted by molar-refractivity contribution is 7.13. The summed E-state index contributed by atoms with van der Waals surface area (Å²) in [7, 11) is 0. The van der Waals surface area contributed by atoms with E-state index in [0.29, 0.717) is 37.8 Å². The summed E-state index contributed by atoms with van der Waals surface area (Å²) < 4.78 is 49.8. The molecule has 2 fully saturated rings. The van der Waals surface area contributed by atoms with Crippen molar-refractivity contribution in [3.63, 3.8) is 0 Å². The monoisotopic (exact) mass is 545 g/mol. The molecule has 1 unspecified atom stereocenters. The first-order chi connectivity index (χ1) is 17.5. The van der Waals surface area contributed by atoms with Crippen molar-refractivity contribution in [2.75, 3.05) is 46.0 Å². The van der Waals surface area contributed by atoms with Crippen molar-refractivity contribution in [1.82, 2.24) is 9.80 Å². The molecule has 0 radical (unpaired) electrons. The van der Waals surface area contributed by atoms with Crippen molar-refractivity contribution < 1.29 is 46.9 Å². The number of thiophene rings is 1. The van der Waals surface area contributed by atoms with E-state index in [1.54, 1.807) is 6.07 Å². The number of carbonyl (C=O) groups is 3. The average Bonchev–Trinajstić information content (AvgIpc) is 3.33. The molecule has 2 aliphatic rings. The SMILES string of the molecule is NC(=O)c1ccccc1OC(F)(F)F.O=C(O)c1ccc(CN2CCN(C(=O)C3COCCO3)CC2)s1. The molecule has 0 spiro atoms. The second-order valence-corrected chi connectivity index (χ2v) is 9.18. The van der Waals surface area contributed by atoms with Gasteiger partial charge in [0.2, 0.25) is 0 Å². The maximum Gasteiger partial charge on any atom is 0.573 e. The lowest BCUT2D eigenvalue weighted by molar-refractivity contribution is -0.274. The van der Waals surface area contributed by atoms with E-state index in [-0.39, 0.29) is 11.5 Å². The predicted molar refractivity (Wildman–Crippen MR) is 125 cm³/mol. The number of benzene rings is 1.